The van der Waals surface area contributed by atoms with Crippen LogP contribution in [0.25, 0.3) is 0 Å². The van der Waals surface area contributed by atoms with E-state index in [1.807, 2.05) is 12.1 Å². The fraction of sp³-hybridized carbons (Fsp3) is 0.611. The second kappa shape index (κ2) is 13.1. The smallest absolute Gasteiger partial charge is 0.191 e. The molecular formula is C18H30BrFN4O. The summed E-state index contributed by atoms with van der Waals surface area (Å²) in [6.45, 7) is 4.32. The Labute approximate surface area is 159 Å². The van der Waals surface area contributed by atoms with Gasteiger partial charge in [0.15, 0.2) is 5.96 Å². The molecule has 0 aromatic heterocycles. The van der Waals surface area contributed by atoms with Crippen LogP contribution in [0.3, 0.4) is 0 Å². The summed E-state index contributed by atoms with van der Waals surface area (Å²) >= 11 is 3.27. The second-order valence-electron chi connectivity index (χ2n) is 5.91. The topological polar surface area (TPSA) is 48.9 Å². The van der Waals surface area contributed by atoms with Gasteiger partial charge in [-0.15, -0.1) is 0 Å². The summed E-state index contributed by atoms with van der Waals surface area (Å²) in [7, 11) is 5.58. The molecule has 0 aliphatic rings. The van der Waals surface area contributed by atoms with Crippen molar-refractivity contribution >= 4 is 21.9 Å². The zero-order valence-corrected chi connectivity index (χ0v) is 17.0. The van der Waals surface area contributed by atoms with Crippen molar-refractivity contribution in [2.24, 2.45) is 4.99 Å². The van der Waals surface area contributed by atoms with Crippen LogP contribution in [-0.4, -0.2) is 64.9 Å². The summed E-state index contributed by atoms with van der Waals surface area (Å²) in [5.41, 5.74) is 0.741. The highest BCUT2D eigenvalue weighted by molar-refractivity contribution is 9.10. The number of rotatable bonds is 11. The summed E-state index contributed by atoms with van der Waals surface area (Å²) in [6, 6.07) is 5.20. The van der Waals surface area contributed by atoms with Crippen molar-refractivity contribution in [3.05, 3.63) is 34.1 Å². The Morgan fingerprint density at radius 3 is 2.68 bits per heavy atom. The van der Waals surface area contributed by atoms with Gasteiger partial charge in [-0.3, -0.25) is 4.99 Å². The molecule has 1 aromatic rings. The lowest BCUT2D eigenvalue weighted by Gasteiger charge is -2.18. The SMILES string of the molecule is CN=C(NCCCc1ccc(Br)cc1F)NCCN(C)CCCOC. The molecule has 7 heteroatoms. The Morgan fingerprint density at radius 1 is 1.24 bits per heavy atom. The molecule has 0 saturated heterocycles. The molecule has 0 aliphatic carbocycles. The first-order valence-electron chi connectivity index (χ1n) is 8.62. The number of ether oxygens (including phenoxy) is 1. The molecule has 0 amide bonds. The molecule has 1 rings (SSSR count). The van der Waals surface area contributed by atoms with Crippen LogP contribution in [0.15, 0.2) is 27.7 Å². The Kier molecular flexibility index (Phi) is 11.4. The Balaban J connectivity index is 2.17. The zero-order valence-electron chi connectivity index (χ0n) is 15.4. The molecule has 0 atom stereocenters. The Bertz CT molecular complexity index is 528. The van der Waals surface area contributed by atoms with Crippen LogP contribution in [0.2, 0.25) is 0 Å². The largest absolute Gasteiger partial charge is 0.385 e. The highest BCUT2D eigenvalue weighted by Crippen LogP contribution is 2.16. The molecule has 142 valence electrons. The van der Waals surface area contributed by atoms with E-state index in [1.54, 1.807) is 14.2 Å². The molecule has 25 heavy (non-hydrogen) atoms. The van der Waals surface area contributed by atoms with E-state index in [0.29, 0.717) is 6.42 Å². The monoisotopic (exact) mass is 416 g/mol. The van der Waals surface area contributed by atoms with Crippen LogP contribution in [0.1, 0.15) is 18.4 Å². The van der Waals surface area contributed by atoms with Crippen molar-refractivity contribution in [2.75, 3.05) is 54.0 Å². The van der Waals surface area contributed by atoms with E-state index in [0.717, 1.165) is 61.6 Å². The molecule has 0 radical (unpaired) electrons. The number of halogens is 2. The van der Waals surface area contributed by atoms with Gasteiger partial charge in [-0.2, -0.15) is 0 Å². The van der Waals surface area contributed by atoms with Gasteiger partial charge < -0.3 is 20.3 Å². The van der Waals surface area contributed by atoms with E-state index in [1.165, 1.54) is 6.07 Å². The molecule has 0 fully saturated rings. The first-order valence-corrected chi connectivity index (χ1v) is 9.42. The average Bonchev–Trinajstić information content (AvgIpc) is 2.58. The lowest BCUT2D eigenvalue weighted by Crippen LogP contribution is -2.41. The van der Waals surface area contributed by atoms with E-state index < -0.39 is 0 Å². The minimum absolute atomic E-state index is 0.159. The van der Waals surface area contributed by atoms with Crippen molar-refractivity contribution in [1.29, 1.82) is 0 Å². The van der Waals surface area contributed by atoms with Gasteiger partial charge in [0, 0.05) is 51.4 Å². The molecule has 0 spiro atoms. The highest BCUT2D eigenvalue weighted by Gasteiger charge is 2.04. The number of aryl methyl sites for hydroxylation is 1. The second-order valence-corrected chi connectivity index (χ2v) is 6.83. The summed E-state index contributed by atoms with van der Waals surface area (Å²) in [5, 5.41) is 6.56. The van der Waals surface area contributed by atoms with Crippen molar-refractivity contribution in [1.82, 2.24) is 15.5 Å². The van der Waals surface area contributed by atoms with Crippen LogP contribution in [0.4, 0.5) is 4.39 Å². The van der Waals surface area contributed by atoms with Crippen LogP contribution in [0.5, 0.6) is 0 Å². The first kappa shape index (κ1) is 21.9. The maximum atomic E-state index is 13.8. The number of likely N-dealkylation sites (N-methyl/N-ethyl adjacent to an activating group) is 1. The number of hydrogen-bond acceptors (Lipinski definition) is 3. The van der Waals surface area contributed by atoms with Gasteiger partial charge >= 0.3 is 0 Å². The van der Waals surface area contributed by atoms with Crippen molar-refractivity contribution < 1.29 is 9.13 Å². The highest BCUT2D eigenvalue weighted by atomic mass is 79.9. The lowest BCUT2D eigenvalue weighted by molar-refractivity contribution is 0.180. The average molecular weight is 417 g/mol. The van der Waals surface area contributed by atoms with Crippen LogP contribution >= 0.6 is 15.9 Å². The molecule has 0 saturated carbocycles. The quantitative estimate of drug-likeness (QED) is 0.330. The minimum atomic E-state index is -0.159. The third kappa shape index (κ3) is 9.77. The van der Waals surface area contributed by atoms with Crippen molar-refractivity contribution in [3.63, 3.8) is 0 Å². The molecule has 2 N–H and O–H groups in total. The van der Waals surface area contributed by atoms with Crippen LogP contribution in [0, 0.1) is 5.82 Å². The van der Waals surface area contributed by atoms with E-state index in [-0.39, 0.29) is 5.82 Å². The number of aliphatic imine (C=N–C) groups is 1. The molecule has 0 aliphatic heterocycles. The van der Waals surface area contributed by atoms with E-state index in [2.05, 4.69) is 43.5 Å². The number of methoxy groups -OCH3 is 1. The normalized spacial score (nSPS) is 11.8. The standard InChI is InChI=1S/C18H30BrFN4O/c1-21-18(23-10-12-24(2)11-5-13-25-3)22-9-4-6-15-7-8-16(19)14-17(15)20/h7-8,14H,4-6,9-13H2,1-3H3,(H2,21,22,23). The molecule has 0 unspecified atom stereocenters. The fourth-order valence-corrected chi connectivity index (χ4v) is 2.72. The van der Waals surface area contributed by atoms with Gasteiger partial charge in [0.2, 0.25) is 0 Å². The van der Waals surface area contributed by atoms with Gasteiger partial charge in [0.05, 0.1) is 0 Å². The third-order valence-electron chi connectivity index (χ3n) is 3.83. The Hall–Kier alpha value is -1.18. The molecule has 1 aromatic carbocycles. The molecular weight excluding hydrogens is 387 g/mol. The van der Waals surface area contributed by atoms with E-state index >= 15 is 0 Å². The number of guanidine groups is 1. The number of benzene rings is 1. The number of nitrogens with one attached hydrogen (secondary N) is 2. The van der Waals surface area contributed by atoms with Gasteiger partial charge in [-0.25, -0.2) is 4.39 Å². The predicted octanol–water partition coefficient (Wildman–Crippen LogP) is 2.65. The maximum absolute atomic E-state index is 13.8. The van der Waals surface area contributed by atoms with E-state index in [9.17, 15) is 4.39 Å². The minimum Gasteiger partial charge on any atom is -0.385 e. The third-order valence-corrected chi connectivity index (χ3v) is 4.32. The first-order chi connectivity index (χ1) is 12.1. The zero-order chi connectivity index (χ0) is 18.5. The van der Waals surface area contributed by atoms with Gasteiger partial charge in [-0.1, -0.05) is 22.0 Å². The molecule has 0 heterocycles. The maximum Gasteiger partial charge on any atom is 0.191 e. The molecule has 5 nitrogen and oxygen atoms in total. The predicted molar refractivity (Wildman–Crippen MR) is 106 cm³/mol. The summed E-state index contributed by atoms with van der Waals surface area (Å²) in [4.78, 5) is 6.47. The Morgan fingerprint density at radius 2 is 2.00 bits per heavy atom. The van der Waals surface area contributed by atoms with Crippen molar-refractivity contribution in [3.8, 4) is 0 Å². The van der Waals surface area contributed by atoms with Crippen LogP contribution < -0.4 is 10.6 Å². The lowest BCUT2D eigenvalue weighted by atomic mass is 10.1. The molecule has 0 bridgehead atoms. The van der Waals surface area contributed by atoms with Crippen molar-refractivity contribution in [2.45, 2.75) is 19.3 Å². The van der Waals surface area contributed by atoms with Gasteiger partial charge in [0.1, 0.15) is 5.82 Å². The van der Waals surface area contributed by atoms with Gasteiger partial charge in [-0.05, 0) is 44.0 Å². The number of hydrogen-bond donors (Lipinski definition) is 2. The van der Waals surface area contributed by atoms with Gasteiger partial charge in [0.25, 0.3) is 0 Å². The summed E-state index contributed by atoms with van der Waals surface area (Å²) in [5.74, 6) is 0.620. The van der Waals surface area contributed by atoms with E-state index in [4.69, 9.17) is 4.74 Å². The number of nitrogens with zero attached hydrogens (tertiary/aromatic N) is 2. The fourth-order valence-electron chi connectivity index (χ4n) is 2.39. The summed E-state index contributed by atoms with van der Waals surface area (Å²) < 4.78 is 19.6. The summed E-state index contributed by atoms with van der Waals surface area (Å²) in [6.07, 6.45) is 2.58. The van der Waals surface area contributed by atoms with Crippen LogP contribution in [-0.2, 0) is 11.2 Å².